The summed E-state index contributed by atoms with van der Waals surface area (Å²) in [4.78, 5) is 16.0. The summed E-state index contributed by atoms with van der Waals surface area (Å²) >= 11 is 0. The third kappa shape index (κ3) is 4.76. The van der Waals surface area contributed by atoms with E-state index in [1.165, 1.54) is 19.9 Å². The summed E-state index contributed by atoms with van der Waals surface area (Å²) in [7, 11) is -9.54. The molecule has 0 radical (unpaired) electrons. The van der Waals surface area contributed by atoms with Crippen molar-refractivity contribution in [2.24, 2.45) is 0 Å². The molecule has 41 heavy (non-hydrogen) atoms. The molecule has 0 saturated heterocycles. The van der Waals surface area contributed by atoms with Gasteiger partial charge < -0.3 is 9.97 Å². The van der Waals surface area contributed by atoms with Crippen molar-refractivity contribution in [2.75, 3.05) is 0 Å². The van der Waals surface area contributed by atoms with Crippen molar-refractivity contribution in [1.82, 2.24) is 19.9 Å². The Morgan fingerprint density at radius 1 is 0.756 bits per heavy atom. The highest BCUT2D eigenvalue weighted by atomic mass is 32.2. The van der Waals surface area contributed by atoms with E-state index in [-0.39, 0.29) is 0 Å². The lowest BCUT2D eigenvalue weighted by atomic mass is 9.72. The van der Waals surface area contributed by atoms with Crippen LogP contribution in [0.3, 0.4) is 0 Å². The van der Waals surface area contributed by atoms with E-state index in [0.29, 0.717) is 39.3 Å². The van der Waals surface area contributed by atoms with Crippen LogP contribution in [0.5, 0.6) is 0 Å². The second kappa shape index (κ2) is 9.08. The molecule has 3 aromatic rings. The molecule has 0 spiro atoms. The number of H-pyrrole nitrogens is 2. The average molecular weight is 593 g/mol. The number of nitrogens with zero attached hydrogens (tertiary/aromatic N) is 2. The summed E-state index contributed by atoms with van der Waals surface area (Å²) in [5, 5.41) is 0. The van der Waals surface area contributed by atoms with E-state index in [1.807, 2.05) is 54.6 Å². The van der Waals surface area contributed by atoms with Crippen LogP contribution in [0.25, 0.3) is 46.4 Å². The van der Waals surface area contributed by atoms with Crippen molar-refractivity contribution in [3.05, 3.63) is 82.5 Å². The molecule has 3 unspecified atom stereocenters. The minimum Gasteiger partial charge on any atom is -0.355 e. The van der Waals surface area contributed by atoms with Gasteiger partial charge in [0.2, 0.25) is 0 Å². The predicted molar refractivity (Wildman–Crippen MR) is 160 cm³/mol. The van der Waals surface area contributed by atoms with Crippen molar-refractivity contribution in [3.63, 3.8) is 0 Å². The number of rotatable bonds is 3. The summed E-state index contributed by atoms with van der Waals surface area (Å²) in [6.07, 6.45) is 8.25. The lowest BCUT2D eigenvalue weighted by Gasteiger charge is -2.44. The van der Waals surface area contributed by atoms with Crippen LogP contribution in [0, 0.1) is 0 Å². The number of fused-ring (bicyclic) bond motifs is 8. The molecule has 12 heteroatoms. The maximum Gasteiger partial charge on any atom is 0.274 e. The zero-order valence-corrected chi connectivity index (χ0v) is 24.1. The highest BCUT2D eigenvalue weighted by Crippen LogP contribution is 2.51. The van der Waals surface area contributed by atoms with Crippen molar-refractivity contribution in [1.29, 1.82) is 0 Å². The van der Waals surface area contributed by atoms with Gasteiger partial charge in [-0.05, 0) is 99.5 Å². The van der Waals surface area contributed by atoms with Crippen LogP contribution in [0.4, 0.5) is 0 Å². The average Bonchev–Trinajstić information content (AvgIpc) is 3.63. The number of aromatic amines is 2. The normalized spacial score (nSPS) is 24.4. The molecule has 8 bridgehead atoms. The van der Waals surface area contributed by atoms with Gasteiger partial charge in [0.25, 0.3) is 20.2 Å². The maximum atomic E-state index is 13.0. The summed E-state index contributed by atoms with van der Waals surface area (Å²) in [5.74, 6) is -0.950. The molecule has 0 saturated carbocycles. The standard InChI is InChI=1S/C29H28N4O6S2/c1-17-15-28(2,40(34,35)36)16-29(3,41(37,38)39)27(17)25-13-24-12-22-7-6-20(31-22)10-18-4-5-19(30-18)11-21-8-9-23(32-21)14-26(25)33-24/h4-15,27,30,33H,16H2,1-3H3,(H,34,35,36)(H,37,38,39). The number of hydrogen-bond donors (Lipinski definition) is 4. The van der Waals surface area contributed by atoms with Gasteiger partial charge in [0.05, 0.1) is 22.8 Å². The maximum absolute atomic E-state index is 13.0. The molecular formula is C29H28N4O6S2. The molecular weight excluding hydrogens is 564 g/mol. The Morgan fingerprint density at radius 2 is 1.27 bits per heavy atom. The number of hydrogen-bond acceptors (Lipinski definition) is 6. The van der Waals surface area contributed by atoms with Gasteiger partial charge in [-0.25, -0.2) is 9.97 Å². The molecule has 6 rings (SSSR count). The quantitative estimate of drug-likeness (QED) is 0.160. The van der Waals surface area contributed by atoms with Crippen LogP contribution in [-0.2, 0) is 20.2 Å². The fourth-order valence-corrected chi connectivity index (χ4v) is 8.16. The van der Waals surface area contributed by atoms with Crippen LogP contribution in [0.15, 0.2) is 54.1 Å². The van der Waals surface area contributed by atoms with E-state index >= 15 is 0 Å². The lowest BCUT2D eigenvalue weighted by Crippen LogP contribution is -2.53. The number of allylic oxidation sites excluding steroid dienone is 1. The topological polar surface area (TPSA) is 166 Å². The smallest absolute Gasteiger partial charge is 0.274 e. The Bertz CT molecular complexity index is 2090. The van der Waals surface area contributed by atoms with E-state index in [1.54, 1.807) is 19.1 Å². The van der Waals surface area contributed by atoms with Crippen LogP contribution in [0.1, 0.15) is 61.4 Å². The zero-order valence-electron chi connectivity index (χ0n) is 22.5. The summed E-state index contributed by atoms with van der Waals surface area (Å²) < 4.78 is 67.3. The van der Waals surface area contributed by atoms with Gasteiger partial charge in [0, 0.05) is 28.0 Å². The largest absolute Gasteiger partial charge is 0.355 e. The Balaban J connectivity index is 1.67. The molecule has 212 valence electrons. The Morgan fingerprint density at radius 3 is 1.78 bits per heavy atom. The number of nitrogens with one attached hydrogen (secondary N) is 2. The van der Waals surface area contributed by atoms with Gasteiger partial charge >= 0.3 is 0 Å². The summed E-state index contributed by atoms with van der Waals surface area (Å²) in [6.45, 7) is 4.16. The van der Waals surface area contributed by atoms with Gasteiger partial charge in [0.15, 0.2) is 0 Å². The minimum atomic E-state index is -4.84. The highest BCUT2D eigenvalue weighted by Gasteiger charge is 2.57. The van der Waals surface area contributed by atoms with Gasteiger partial charge in [-0.2, -0.15) is 16.8 Å². The Hall–Kier alpha value is -3.84. The van der Waals surface area contributed by atoms with Crippen LogP contribution >= 0.6 is 0 Å². The lowest BCUT2D eigenvalue weighted by molar-refractivity contribution is 0.352. The monoisotopic (exact) mass is 592 g/mol. The molecule has 3 atom stereocenters. The predicted octanol–water partition coefficient (Wildman–Crippen LogP) is 5.38. The van der Waals surface area contributed by atoms with E-state index in [9.17, 15) is 25.9 Å². The second-order valence-electron chi connectivity index (χ2n) is 11.2. The number of aromatic nitrogens is 4. The molecule has 0 aromatic carbocycles. The van der Waals surface area contributed by atoms with E-state index in [2.05, 4.69) is 19.9 Å². The first-order valence-electron chi connectivity index (χ1n) is 12.9. The van der Waals surface area contributed by atoms with Gasteiger partial charge in [-0.1, -0.05) is 11.6 Å². The van der Waals surface area contributed by atoms with Crippen molar-refractivity contribution >= 4 is 66.6 Å². The molecule has 0 fully saturated rings. The Kier molecular flexibility index (Phi) is 6.05. The van der Waals surface area contributed by atoms with Crippen molar-refractivity contribution in [2.45, 2.75) is 42.6 Å². The molecule has 3 aromatic heterocycles. The molecule has 3 aliphatic rings. The van der Waals surface area contributed by atoms with E-state index in [0.717, 1.165) is 16.7 Å². The molecule has 0 amide bonds. The van der Waals surface area contributed by atoms with Crippen molar-refractivity contribution < 1.29 is 25.9 Å². The SMILES string of the molecule is CC1=CC(C)(S(=O)(=O)O)CC(C)(S(=O)(=O)O)C1c1cc2cc3nc(cc4ccc(cc5nc(cc1[nH]2)C=C5)[nH]4)C=C3. The minimum absolute atomic E-state index is 0.373. The van der Waals surface area contributed by atoms with Crippen molar-refractivity contribution in [3.8, 4) is 0 Å². The molecule has 10 nitrogen and oxygen atoms in total. The molecule has 5 heterocycles. The third-order valence-corrected chi connectivity index (χ3v) is 11.0. The van der Waals surface area contributed by atoms with E-state index < -0.39 is 42.1 Å². The summed E-state index contributed by atoms with van der Waals surface area (Å²) in [6, 6.07) is 13.1. The van der Waals surface area contributed by atoms with Gasteiger partial charge in [-0.15, -0.1) is 0 Å². The molecule has 4 N–H and O–H groups in total. The first-order valence-corrected chi connectivity index (χ1v) is 15.7. The molecule has 1 aliphatic carbocycles. The highest BCUT2D eigenvalue weighted by molar-refractivity contribution is 7.88. The fourth-order valence-electron chi connectivity index (χ4n) is 6.16. The van der Waals surface area contributed by atoms with Crippen LogP contribution < -0.4 is 0 Å². The molecule has 2 aliphatic heterocycles. The van der Waals surface area contributed by atoms with Crippen LogP contribution in [-0.4, -0.2) is 55.4 Å². The van der Waals surface area contributed by atoms with Gasteiger partial charge in [0.1, 0.15) is 9.49 Å². The third-order valence-electron chi connectivity index (χ3n) is 7.99. The van der Waals surface area contributed by atoms with Gasteiger partial charge in [-0.3, -0.25) is 9.11 Å². The fraction of sp³-hybridized carbons (Fsp3) is 0.241. The zero-order chi connectivity index (χ0) is 29.4. The Labute approximate surface area is 237 Å². The first kappa shape index (κ1) is 27.3. The van der Waals surface area contributed by atoms with E-state index in [4.69, 9.17) is 0 Å². The first-order chi connectivity index (χ1) is 19.1. The van der Waals surface area contributed by atoms with Crippen LogP contribution in [0.2, 0.25) is 0 Å². The summed E-state index contributed by atoms with van der Waals surface area (Å²) in [5.41, 5.74) is 6.55. The second-order valence-corrected chi connectivity index (χ2v) is 15.0.